The van der Waals surface area contributed by atoms with Crippen molar-refractivity contribution < 1.29 is 9.36 Å². The van der Waals surface area contributed by atoms with Crippen molar-refractivity contribution in [1.82, 2.24) is 5.09 Å². The summed E-state index contributed by atoms with van der Waals surface area (Å²) in [6, 6.07) is 0. The lowest BCUT2D eigenvalue weighted by molar-refractivity contribution is 0.0984. The van der Waals surface area contributed by atoms with Crippen LogP contribution in [0.5, 0.6) is 0 Å². The number of hydrogen-bond donors (Lipinski definition) is 3. The predicted molar refractivity (Wildman–Crippen MR) is 57.5 cm³/mol. The minimum absolute atomic E-state index is 0.264. The Morgan fingerprint density at radius 2 is 2.21 bits per heavy atom. The molecule has 0 spiro atoms. The van der Waals surface area contributed by atoms with Crippen LogP contribution in [-0.4, -0.2) is 5.91 Å². The number of amides is 1. The van der Waals surface area contributed by atoms with Crippen LogP contribution in [0.15, 0.2) is 5.38 Å². The smallest absolute Gasteiger partial charge is 0.278 e. The number of aryl methyl sites for hydroxylation is 1. The Bertz CT molecular complexity index is 413. The zero-order valence-corrected chi connectivity index (χ0v) is 9.75. The van der Waals surface area contributed by atoms with Gasteiger partial charge in [-0.15, -0.1) is 11.3 Å². The van der Waals surface area contributed by atoms with Gasteiger partial charge < -0.3 is 0 Å². The molecule has 1 heterocycles. The number of carbonyl (C=O) groups excluding carboxylic acids is 1. The van der Waals surface area contributed by atoms with E-state index in [4.69, 9.17) is 22.6 Å². The monoisotopic (exact) mass is 253 g/mol. The maximum atomic E-state index is 11.4. The van der Waals surface area contributed by atoms with Crippen molar-refractivity contribution in [3.8, 4) is 0 Å². The number of thiophene rings is 1. The fraction of sp³-hybridized carbons (Fsp3) is 0.167. The quantitative estimate of drug-likeness (QED) is 0.695. The second kappa shape index (κ2) is 4.00. The average Bonchev–Trinajstić information content (AvgIpc) is 2.29. The second-order valence-electron chi connectivity index (χ2n) is 2.71. The SMILES string of the molecule is Cc1csc(C(=O)NP(N)(N)=O)c1Cl. The maximum Gasteiger partial charge on any atom is 0.300 e. The Labute approximate surface area is 90.0 Å². The fourth-order valence-corrected chi connectivity index (χ4v) is 2.47. The highest BCUT2D eigenvalue weighted by Crippen LogP contribution is 2.29. The minimum Gasteiger partial charge on any atom is -0.278 e. The third kappa shape index (κ3) is 2.80. The molecule has 0 saturated carbocycles. The molecule has 78 valence electrons. The van der Waals surface area contributed by atoms with Crippen molar-refractivity contribution in [1.29, 1.82) is 0 Å². The third-order valence-corrected chi connectivity index (χ3v) is 3.63. The number of carbonyl (C=O) groups is 1. The van der Waals surface area contributed by atoms with E-state index in [9.17, 15) is 9.36 Å². The molecule has 5 nitrogen and oxygen atoms in total. The maximum absolute atomic E-state index is 11.4. The van der Waals surface area contributed by atoms with E-state index in [1.54, 1.807) is 12.3 Å². The van der Waals surface area contributed by atoms with Crippen LogP contribution >= 0.6 is 30.5 Å². The van der Waals surface area contributed by atoms with E-state index in [0.717, 1.165) is 16.9 Å². The molecule has 0 aliphatic rings. The van der Waals surface area contributed by atoms with Crippen LogP contribution in [0.3, 0.4) is 0 Å². The summed E-state index contributed by atoms with van der Waals surface area (Å²) in [6.07, 6.45) is 0. The van der Waals surface area contributed by atoms with Crippen LogP contribution in [0.4, 0.5) is 0 Å². The highest BCUT2D eigenvalue weighted by atomic mass is 35.5. The van der Waals surface area contributed by atoms with Gasteiger partial charge in [-0.1, -0.05) is 11.6 Å². The molecule has 0 fully saturated rings. The first kappa shape index (κ1) is 11.7. The van der Waals surface area contributed by atoms with Gasteiger partial charge in [-0.05, 0) is 17.9 Å². The van der Waals surface area contributed by atoms with Gasteiger partial charge in [0.1, 0.15) is 4.88 Å². The van der Waals surface area contributed by atoms with E-state index in [1.165, 1.54) is 0 Å². The minimum atomic E-state index is -3.55. The van der Waals surface area contributed by atoms with Crippen molar-refractivity contribution in [2.75, 3.05) is 0 Å². The molecule has 0 atom stereocenters. The van der Waals surface area contributed by atoms with Gasteiger partial charge in [0.05, 0.1) is 5.02 Å². The van der Waals surface area contributed by atoms with E-state index >= 15 is 0 Å². The number of nitrogens with one attached hydrogen (secondary N) is 1. The van der Waals surface area contributed by atoms with Gasteiger partial charge in [-0.25, -0.2) is 0 Å². The van der Waals surface area contributed by atoms with Crippen molar-refractivity contribution in [2.24, 2.45) is 11.0 Å². The average molecular weight is 254 g/mol. The molecule has 0 unspecified atom stereocenters. The molecule has 1 amide bonds. The largest absolute Gasteiger partial charge is 0.300 e. The van der Waals surface area contributed by atoms with Crippen molar-refractivity contribution in [2.45, 2.75) is 6.92 Å². The summed E-state index contributed by atoms with van der Waals surface area (Å²) < 4.78 is 10.9. The van der Waals surface area contributed by atoms with Crippen LogP contribution in [0, 0.1) is 6.92 Å². The summed E-state index contributed by atoms with van der Waals surface area (Å²) >= 11 is 6.96. The molecule has 5 N–H and O–H groups in total. The lowest BCUT2D eigenvalue weighted by Crippen LogP contribution is -2.28. The Balaban J connectivity index is 2.91. The highest BCUT2D eigenvalue weighted by molar-refractivity contribution is 7.57. The fourth-order valence-electron chi connectivity index (χ4n) is 0.793. The Morgan fingerprint density at radius 1 is 1.64 bits per heavy atom. The van der Waals surface area contributed by atoms with Crippen molar-refractivity contribution in [3.05, 3.63) is 20.8 Å². The topological polar surface area (TPSA) is 98.2 Å². The summed E-state index contributed by atoms with van der Waals surface area (Å²) in [6.45, 7) is 1.76. The van der Waals surface area contributed by atoms with E-state index < -0.39 is 13.5 Å². The Morgan fingerprint density at radius 3 is 2.57 bits per heavy atom. The van der Waals surface area contributed by atoms with Crippen LogP contribution in [-0.2, 0) is 4.57 Å². The predicted octanol–water partition coefficient (Wildman–Crippen LogP) is 1.47. The van der Waals surface area contributed by atoms with E-state index in [0.29, 0.717) is 5.02 Å². The summed E-state index contributed by atoms with van der Waals surface area (Å²) in [5, 5.41) is 4.04. The first-order valence-electron chi connectivity index (χ1n) is 3.54. The van der Waals surface area contributed by atoms with Gasteiger partial charge in [0.2, 0.25) is 0 Å². The molecule has 1 rings (SSSR count). The molecule has 0 aliphatic carbocycles. The van der Waals surface area contributed by atoms with Crippen LogP contribution in [0.25, 0.3) is 0 Å². The number of rotatable bonds is 2. The van der Waals surface area contributed by atoms with E-state index in [2.05, 4.69) is 0 Å². The summed E-state index contributed by atoms with van der Waals surface area (Å²) in [5.74, 6) is -0.610. The first-order chi connectivity index (χ1) is 6.31. The van der Waals surface area contributed by atoms with E-state index in [-0.39, 0.29) is 4.88 Å². The van der Waals surface area contributed by atoms with Crippen LogP contribution < -0.4 is 16.1 Å². The third-order valence-electron chi connectivity index (χ3n) is 1.38. The zero-order valence-electron chi connectivity index (χ0n) is 7.28. The number of halogens is 1. The Kier molecular flexibility index (Phi) is 3.34. The van der Waals surface area contributed by atoms with Gasteiger partial charge in [0, 0.05) is 0 Å². The Hall–Kier alpha value is -0.390. The summed E-state index contributed by atoms with van der Waals surface area (Å²) in [5.41, 5.74) is 10.8. The van der Waals surface area contributed by atoms with E-state index in [1.807, 2.05) is 5.09 Å². The molecule has 0 radical (unpaired) electrons. The molecule has 8 heteroatoms. The van der Waals surface area contributed by atoms with Gasteiger partial charge in [-0.2, -0.15) is 0 Å². The van der Waals surface area contributed by atoms with Gasteiger partial charge in [-0.3, -0.25) is 25.5 Å². The summed E-state index contributed by atoms with van der Waals surface area (Å²) in [7, 11) is -3.55. The molecule has 1 aromatic heterocycles. The molecule has 1 aromatic rings. The second-order valence-corrected chi connectivity index (χ2v) is 5.61. The molecule has 14 heavy (non-hydrogen) atoms. The summed E-state index contributed by atoms with van der Waals surface area (Å²) in [4.78, 5) is 11.6. The molecule has 0 saturated heterocycles. The normalized spacial score (nSPS) is 11.4. The lowest BCUT2D eigenvalue weighted by Gasteiger charge is -2.07. The van der Waals surface area contributed by atoms with Crippen LogP contribution in [0.1, 0.15) is 15.2 Å². The van der Waals surface area contributed by atoms with Crippen LogP contribution in [0.2, 0.25) is 5.02 Å². The first-order valence-corrected chi connectivity index (χ1v) is 6.65. The van der Waals surface area contributed by atoms with Gasteiger partial charge >= 0.3 is 7.59 Å². The number of nitrogens with two attached hydrogens (primary N) is 2. The molecular formula is C6H9ClN3O2PS. The van der Waals surface area contributed by atoms with Gasteiger partial charge in [0.15, 0.2) is 0 Å². The zero-order chi connectivity index (χ0) is 10.9. The highest BCUT2D eigenvalue weighted by Gasteiger charge is 2.19. The molecule has 0 aliphatic heterocycles. The van der Waals surface area contributed by atoms with Crippen molar-refractivity contribution in [3.63, 3.8) is 0 Å². The lowest BCUT2D eigenvalue weighted by atomic mass is 10.3. The molecule has 0 bridgehead atoms. The van der Waals surface area contributed by atoms with Crippen molar-refractivity contribution >= 4 is 36.4 Å². The van der Waals surface area contributed by atoms with Gasteiger partial charge in [0.25, 0.3) is 5.91 Å². The molecular weight excluding hydrogens is 245 g/mol. The standard InChI is InChI=1S/C6H9ClN3O2PS/c1-3-2-14-5(4(3)7)6(11)10-13(8,9)12/h2H,1H3,(H5,8,9,10,11,12). The number of hydrogen-bond acceptors (Lipinski definition) is 3. The molecule has 0 aromatic carbocycles.